The predicted octanol–water partition coefficient (Wildman–Crippen LogP) is 2.90. The average Bonchev–Trinajstić information content (AvgIpc) is 3.13. The van der Waals surface area contributed by atoms with Gasteiger partial charge in [-0.3, -0.25) is 0 Å². The molecule has 0 aromatic carbocycles. The van der Waals surface area contributed by atoms with Crippen LogP contribution in [0.4, 0.5) is 0 Å². The molecule has 0 saturated heterocycles. The van der Waals surface area contributed by atoms with Crippen LogP contribution >= 0.6 is 0 Å². The lowest BCUT2D eigenvalue weighted by Gasteiger charge is -2.30. The van der Waals surface area contributed by atoms with E-state index in [-0.39, 0.29) is 0 Å². The molecule has 0 amide bonds. The highest BCUT2D eigenvalue weighted by Gasteiger charge is 2.34. The lowest BCUT2D eigenvalue weighted by Crippen LogP contribution is -2.35. The summed E-state index contributed by atoms with van der Waals surface area (Å²) in [5, 5.41) is 3.75. The van der Waals surface area contributed by atoms with E-state index in [0.717, 1.165) is 36.7 Å². The smallest absolute Gasteiger partial charge is 0.106 e. The monoisotopic (exact) mass is 247 g/mol. The van der Waals surface area contributed by atoms with Crippen LogP contribution in [0.3, 0.4) is 0 Å². The van der Waals surface area contributed by atoms with Gasteiger partial charge in [0.25, 0.3) is 0 Å². The van der Waals surface area contributed by atoms with Gasteiger partial charge in [-0.05, 0) is 50.5 Å². The van der Waals surface area contributed by atoms with Crippen LogP contribution < -0.4 is 5.32 Å². The first-order chi connectivity index (χ1) is 8.92. The molecular formula is C15H25N3. The topological polar surface area (TPSA) is 40.7 Å². The molecule has 0 bridgehead atoms. The highest BCUT2D eigenvalue weighted by molar-refractivity contribution is 4.89. The maximum Gasteiger partial charge on any atom is 0.106 e. The Balaban J connectivity index is 1.32. The van der Waals surface area contributed by atoms with E-state index in [2.05, 4.69) is 15.3 Å². The molecule has 1 heterocycles. The first-order valence-electron chi connectivity index (χ1n) is 7.63. The average molecular weight is 247 g/mol. The van der Waals surface area contributed by atoms with E-state index in [0.29, 0.717) is 0 Å². The Morgan fingerprint density at radius 1 is 1.22 bits per heavy atom. The summed E-state index contributed by atoms with van der Waals surface area (Å²) in [5.41, 5.74) is 0. The Hall–Kier alpha value is -0.830. The lowest BCUT2D eigenvalue weighted by atomic mass is 9.82. The Morgan fingerprint density at radius 3 is 2.94 bits per heavy atom. The number of aryl methyl sites for hydroxylation is 1. The summed E-state index contributed by atoms with van der Waals surface area (Å²) in [6.07, 6.45) is 14.8. The standard InChI is InChI=1S/C15H25N3/c1-3-13(12-6-7-12)11-14(4-1)16-8-2-5-15-17-9-10-18-15/h9-10,12-14,16H,1-8,11H2,(H,17,18). The summed E-state index contributed by atoms with van der Waals surface area (Å²) in [6.45, 7) is 1.14. The molecule has 2 N–H and O–H groups in total. The Bertz CT molecular complexity index is 343. The predicted molar refractivity (Wildman–Crippen MR) is 73.4 cm³/mol. The highest BCUT2D eigenvalue weighted by Crippen LogP contribution is 2.43. The maximum atomic E-state index is 4.26. The van der Waals surface area contributed by atoms with Crippen LogP contribution in [-0.4, -0.2) is 22.6 Å². The van der Waals surface area contributed by atoms with Gasteiger partial charge in [-0.15, -0.1) is 0 Å². The quantitative estimate of drug-likeness (QED) is 0.759. The van der Waals surface area contributed by atoms with Gasteiger partial charge in [0, 0.05) is 24.9 Å². The van der Waals surface area contributed by atoms with Crippen LogP contribution in [0.15, 0.2) is 12.4 Å². The van der Waals surface area contributed by atoms with Crippen LogP contribution in [0.1, 0.15) is 50.8 Å². The molecule has 100 valence electrons. The third kappa shape index (κ3) is 3.35. The van der Waals surface area contributed by atoms with Gasteiger partial charge < -0.3 is 10.3 Å². The summed E-state index contributed by atoms with van der Waals surface area (Å²) in [4.78, 5) is 7.43. The first-order valence-corrected chi connectivity index (χ1v) is 7.63. The van der Waals surface area contributed by atoms with Crippen molar-refractivity contribution in [1.29, 1.82) is 0 Å². The largest absolute Gasteiger partial charge is 0.349 e. The van der Waals surface area contributed by atoms with Crippen LogP contribution in [0.2, 0.25) is 0 Å². The number of imidazole rings is 1. The van der Waals surface area contributed by atoms with E-state index in [4.69, 9.17) is 0 Å². The van der Waals surface area contributed by atoms with Gasteiger partial charge in [0.05, 0.1) is 0 Å². The maximum absolute atomic E-state index is 4.26. The Morgan fingerprint density at radius 2 is 2.17 bits per heavy atom. The Labute approximate surface area is 110 Å². The van der Waals surface area contributed by atoms with Crippen LogP contribution in [-0.2, 0) is 6.42 Å². The third-order valence-electron chi connectivity index (χ3n) is 4.58. The van der Waals surface area contributed by atoms with Crippen molar-refractivity contribution in [3.05, 3.63) is 18.2 Å². The molecular weight excluding hydrogens is 222 g/mol. The van der Waals surface area contributed by atoms with E-state index in [1.165, 1.54) is 44.9 Å². The zero-order valence-corrected chi connectivity index (χ0v) is 11.2. The number of aromatic amines is 1. The normalized spacial score (nSPS) is 28.4. The van der Waals surface area contributed by atoms with Crippen LogP contribution in [0.25, 0.3) is 0 Å². The van der Waals surface area contributed by atoms with Crippen LogP contribution in [0.5, 0.6) is 0 Å². The molecule has 3 heteroatoms. The fourth-order valence-corrected chi connectivity index (χ4v) is 3.41. The summed E-state index contributed by atoms with van der Waals surface area (Å²) in [5.74, 6) is 3.26. The molecule has 0 spiro atoms. The van der Waals surface area contributed by atoms with Crippen molar-refractivity contribution < 1.29 is 0 Å². The fourth-order valence-electron chi connectivity index (χ4n) is 3.41. The molecule has 2 atom stereocenters. The molecule has 3 rings (SSSR count). The van der Waals surface area contributed by atoms with Gasteiger partial charge in [-0.25, -0.2) is 4.98 Å². The molecule has 1 aromatic heterocycles. The molecule has 18 heavy (non-hydrogen) atoms. The van der Waals surface area contributed by atoms with Crippen molar-refractivity contribution >= 4 is 0 Å². The van der Waals surface area contributed by atoms with E-state index in [1.54, 1.807) is 0 Å². The number of rotatable bonds is 6. The summed E-state index contributed by atoms with van der Waals surface area (Å²) >= 11 is 0. The summed E-state index contributed by atoms with van der Waals surface area (Å²) < 4.78 is 0. The van der Waals surface area contributed by atoms with Gasteiger partial charge in [-0.1, -0.05) is 12.8 Å². The first kappa shape index (κ1) is 12.2. The van der Waals surface area contributed by atoms with Crippen LogP contribution in [0, 0.1) is 11.8 Å². The van der Waals surface area contributed by atoms with Crippen molar-refractivity contribution in [2.24, 2.45) is 11.8 Å². The van der Waals surface area contributed by atoms with Gasteiger partial charge >= 0.3 is 0 Å². The fraction of sp³-hybridized carbons (Fsp3) is 0.800. The van der Waals surface area contributed by atoms with Crippen molar-refractivity contribution in [2.75, 3.05) is 6.54 Å². The van der Waals surface area contributed by atoms with Gasteiger partial charge in [0.2, 0.25) is 0 Å². The number of H-pyrrole nitrogens is 1. The second-order valence-electron chi connectivity index (χ2n) is 6.05. The second-order valence-corrected chi connectivity index (χ2v) is 6.05. The number of aromatic nitrogens is 2. The molecule has 3 nitrogen and oxygen atoms in total. The number of nitrogens with zero attached hydrogens (tertiary/aromatic N) is 1. The van der Waals surface area contributed by atoms with E-state index in [9.17, 15) is 0 Å². The summed E-state index contributed by atoms with van der Waals surface area (Å²) in [7, 11) is 0. The van der Waals surface area contributed by atoms with Crippen molar-refractivity contribution in [1.82, 2.24) is 15.3 Å². The van der Waals surface area contributed by atoms with Gasteiger partial charge in [0.15, 0.2) is 0 Å². The second kappa shape index (κ2) is 5.87. The van der Waals surface area contributed by atoms with Crippen molar-refractivity contribution in [2.45, 2.75) is 57.4 Å². The molecule has 2 saturated carbocycles. The zero-order valence-electron chi connectivity index (χ0n) is 11.2. The van der Waals surface area contributed by atoms with E-state index < -0.39 is 0 Å². The molecule has 0 radical (unpaired) electrons. The SMILES string of the molecule is c1c[nH]c(CCCNC2CCCC(C3CC3)C2)n1. The number of hydrogen-bond donors (Lipinski definition) is 2. The summed E-state index contributed by atoms with van der Waals surface area (Å²) in [6, 6.07) is 0.793. The number of hydrogen-bond acceptors (Lipinski definition) is 2. The molecule has 2 fully saturated rings. The molecule has 1 aromatic rings. The zero-order chi connectivity index (χ0) is 12.2. The Kier molecular flexibility index (Phi) is 3.99. The van der Waals surface area contributed by atoms with E-state index in [1.807, 2.05) is 12.4 Å². The van der Waals surface area contributed by atoms with Gasteiger partial charge in [0.1, 0.15) is 5.82 Å². The molecule has 0 aliphatic heterocycles. The lowest BCUT2D eigenvalue weighted by molar-refractivity contribution is 0.261. The molecule has 2 unspecified atom stereocenters. The van der Waals surface area contributed by atoms with Gasteiger partial charge in [-0.2, -0.15) is 0 Å². The minimum Gasteiger partial charge on any atom is -0.349 e. The third-order valence-corrected chi connectivity index (χ3v) is 4.58. The molecule has 2 aliphatic rings. The number of nitrogens with one attached hydrogen (secondary N) is 2. The minimum absolute atomic E-state index is 0.793. The highest BCUT2D eigenvalue weighted by atomic mass is 14.9. The van der Waals surface area contributed by atoms with Crippen molar-refractivity contribution in [3.8, 4) is 0 Å². The minimum atomic E-state index is 0.793. The molecule has 2 aliphatic carbocycles. The van der Waals surface area contributed by atoms with Crippen molar-refractivity contribution in [3.63, 3.8) is 0 Å². The van der Waals surface area contributed by atoms with E-state index >= 15 is 0 Å².